The number of hydrogen-bond donors (Lipinski definition) is 0. The summed E-state index contributed by atoms with van der Waals surface area (Å²) in [6.07, 6.45) is 0. The molecule has 0 N–H and O–H groups in total. The molecule has 142 valence electrons. The van der Waals surface area contributed by atoms with Gasteiger partial charge in [-0.25, -0.2) is 0 Å². The number of hydrogen-bond acceptors (Lipinski definition) is 1. The molecule has 0 fully saturated rings. The standard InChI is InChI=1S/C29H20S/c1-19-17-18-24(23-12-6-5-11-21(19)23)25-14-8-16-27-26-15-7-13-22(28(26)30-29(25)27)20-9-3-2-4-10-20/h2-18H,1H3. The lowest BCUT2D eigenvalue weighted by atomic mass is 9.94. The Kier molecular flexibility index (Phi) is 3.97. The van der Waals surface area contributed by atoms with Gasteiger partial charge in [-0.2, -0.15) is 0 Å². The van der Waals surface area contributed by atoms with Gasteiger partial charge < -0.3 is 0 Å². The molecular formula is C29H20S. The zero-order chi connectivity index (χ0) is 20.1. The summed E-state index contributed by atoms with van der Waals surface area (Å²) in [7, 11) is 0. The van der Waals surface area contributed by atoms with Crippen molar-refractivity contribution in [2.75, 3.05) is 0 Å². The van der Waals surface area contributed by atoms with Crippen molar-refractivity contribution < 1.29 is 0 Å². The maximum absolute atomic E-state index is 2.29. The fraction of sp³-hybridized carbons (Fsp3) is 0.0345. The van der Waals surface area contributed by atoms with E-state index in [0.717, 1.165) is 0 Å². The Labute approximate surface area is 180 Å². The van der Waals surface area contributed by atoms with Gasteiger partial charge in [-0.1, -0.05) is 103 Å². The highest BCUT2D eigenvalue weighted by atomic mass is 32.1. The molecule has 6 rings (SSSR count). The van der Waals surface area contributed by atoms with Gasteiger partial charge in [-0.15, -0.1) is 11.3 Å². The van der Waals surface area contributed by atoms with Gasteiger partial charge in [0.25, 0.3) is 0 Å². The summed E-state index contributed by atoms with van der Waals surface area (Å²) in [5.74, 6) is 0. The van der Waals surface area contributed by atoms with Crippen molar-refractivity contribution in [1.82, 2.24) is 0 Å². The molecule has 0 radical (unpaired) electrons. The first-order valence-corrected chi connectivity index (χ1v) is 11.1. The van der Waals surface area contributed by atoms with Crippen molar-refractivity contribution in [3.05, 3.63) is 109 Å². The molecule has 1 aromatic heterocycles. The quantitative estimate of drug-likeness (QED) is 0.272. The molecule has 6 aromatic rings. The van der Waals surface area contributed by atoms with Crippen LogP contribution in [0.15, 0.2) is 103 Å². The summed E-state index contributed by atoms with van der Waals surface area (Å²) in [5, 5.41) is 5.34. The molecule has 0 unspecified atom stereocenters. The van der Waals surface area contributed by atoms with Crippen LogP contribution in [0, 0.1) is 6.92 Å². The molecular weight excluding hydrogens is 380 g/mol. The third kappa shape index (κ3) is 2.59. The molecule has 1 heteroatoms. The Morgan fingerprint density at radius 3 is 1.80 bits per heavy atom. The lowest BCUT2D eigenvalue weighted by Gasteiger charge is -2.10. The van der Waals surface area contributed by atoms with Crippen LogP contribution in [-0.4, -0.2) is 0 Å². The average Bonchev–Trinajstić information content (AvgIpc) is 3.19. The molecule has 0 aliphatic heterocycles. The van der Waals surface area contributed by atoms with Crippen molar-refractivity contribution in [3.63, 3.8) is 0 Å². The summed E-state index contributed by atoms with van der Waals surface area (Å²) in [5.41, 5.74) is 6.55. The minimum atomic E-state index is 1.27. The van der Waals surface area contributed by atoms with Crippen molar-refractivity contribution in [1.29, 1.82) is 0 Å². The molecule has 0 atom stereocenters. The summed E-state index contributed by atoms with van der Waals surface area (Å²) in [4.78, 5) is 0. The SMILES string of the molecule is Cc1ccc(-c2cccc3c2sc2c(-c4ccccc4)cccc23)c2ccccc12. The second-order valence-electron chi connectivity index (χ2n) is 7.81. The van der Waals surface area contributed by atoms with Gasteiger partial charge >= 0.3 is 0 Å². The Bertz CT molecular complexity index is 1540. The predicted octanol–water partition coefficient (Wildman–Crippen LogP) is 8.85. The number of benzene rings is 5. The van der Waals surface area contributed by atoms with Crippen LogP contribution in [0.5, 0.6) is 0 Å². The van der Waals surface area contributed by atoms with E-state index in [2.05, 4.69) is 110 Å². The van der Waals surface area contributed by atoms with E-state index in [9.17, 15) is 0 Å². The van der Waals surface area contributed by atoms with Crippen LogP contribution in [0.1, 0.15) is 5.56 Å². The lowest BCUT2D eigenvalue weighted by Crippen LogP contribution is -1.84. The topological polar surface area (TPSA) is 0 Å². The van der Waals surface area contributed by atoms with E-state index in [0.29, 0.717) is 0 Å². The van der Waals surface area contributed by atoms with E-state index in [4.69, 9.17) is 0 Å². The molecule has 0 amide bonds. The first kappa shape index (κ1) is 17.4. The van der Waals surface area contributed by atoms with Crippen LogP contribution in [0.25, 0.3) is 53.2 Å². The number of aryl methyl sites for hydroxylation is 1. The zero-order valence-electron chi connectivity index (χ0n) is 16.7. The summed E-state index contributed by atoms with van der Waals surface area (Å²) in [6, 6.07) is 37.4. The van der Waals surface area contributed by atoms with E-state index in [1.54, 1.807) is 0 Å². The molecule has 0 saturated carbocycles. The van der Waals surface area contributed by atoms with Crippen LogP contribution >= 0.6 is 11.3 Å². The molecule has 0 aliphatic rings. The average molecular weight is 401 g/mol. The fourth-order valence-corrected chi connectivity index (χ4v) is 5.93. The van der Waals surface area contributed by atoms with Crippen LogP contribution in [0.4, 0.5) is 0 Å². The molecule has 0 saturated heterocycles. The van der Waals surface area contributed by atoms with Crippen molar-refractivity contribution in [2.24, 2.45) is 0 Å². The van der Waals surface area contributed by atoms with Gasteiger partial charge in [0.1, 0.15) is 0 Å². The molecule has 0 aliphatic carbocycles. The van der Waals surface area contributed by atoms with Gasteiger partial charge in [0.05, 0.1) is 0 Å². The monoisotopic (exact) mass is 400 g/mol. The molecule has 0 bridgehead atoms. The third-order valence-electron chi connectivity index (χ3n) is 6.04. The highest BCUT2D eigenvalue weighted by Crippen LogP contribution is 2.44. The van der Waals surface area contributed by atoms with E-state index < -0.39 is 0 Å². The van der Waals surface area contributed by atoms with E-state index in [1.807, 2.05) is 11.3 Å². The Balaban J connectivity index is 1.69. The molecule has 0 nitrogen and oxygen atoms in total. The van der Waals surface area contributed by atoms with E-state index >= 15 is 0 Å². The van der Waals surface area contributed by atoms with Crippen LogP contribution < -0.4 is 0 Å². The van der Waals surface area contributed by atoms with Gasteiger partial charge in [0.2, 0.25) is 0 Å². The highest BCUT2D eigenvalue weighted by molar-refractivity contribution is 7.26. The Hall–Kier alpha value is -3.42. The van der Waals surface area contributed by atoms with Crippen molar-refractivity contribution in [2.45, 2.75) is 6.92 Å². The van der Waals surface area contributed by atoms with Crippen LogP contribution in [0.2, 0.25) is 0 Å². The largest absolute Gasteiger partial charge is 0.134 e. The molecule has 5 aromatic carbocycles. The normalized spacial score (nSPS) is 11.5. The highest BCUT2D eigenvalue weighted by Gasteiger charge is 2.15. The first-order chi connectivity index (χ1) is 14.8. The Morgan fingerprint density at radius 2 is 1.03 bits per heavy atom. The Morgan fingerprint density at radius 1 is 0.433 bits per heavy atom. The minimum absolute atomic E-state index is 1.27. The third-order valence-corrected chi connectivity index (χ3v) is 7.33. The van der Waals surface area contributed by atoms with Crippen LogP contribution in [0.3, 0.4) is 0 Å². The summed E-state index contributed by atoms with van der Waals surface area (Å²) < 4.78 is 2.73. The van der Waals surface area contributed by atoms with Gasteiger partial charge in [-0.3, -0.25) is 0 Å². The maximum Gasteiger partial charge on any atom is 0.0434 e. The number of rotatable bonds is 2. The van der Waals surface area contributed by atoms with Crippen LogP contribution in [-0.2, 0) is 0 Å². The van der Waals surface area contributed by atoms with E-state index in [-0.39, 0.29) is 0 Å². The maximum atomic E-state index is 2.29. The van der Waals surface area contributed by atoms with E-state index in [1.165, 1.54) is 58.8 Å². The molecule has 1 heterocycles. The van der Waals surface area contributed by atoms with Gasteiger partial charge in [0, 0.05) is 25.7 Å². The van der Waals surface area contributed by atoms with Gasteiger partial charge in [0.15, 0.2) is 0 Å². The predicted molar refractivity (Wildman–Crippen MR) is 132 cm³/mol. The summed E-state index contributed by atoms with van der Waals surface area (Å²) >= 11 is 1.92. The molecule has 0 spiro atoms. The summed E-state index contributed by atoms with van der Waals surface area (Å²) in [6.45, 7) is 2.19. The minimum Gasteiger partial charge on any atom is -0.134 e. The number of thiophene rings is 1. The fourth-order valence-electron chi connectivity index (χ4n) is 4.56. The second kappa shape index (κ2) is 6.83. The first-order valence-electron chi connectivity index (χ1n) is 10.3. The zero-order valence-corrected chi connectivity index (χ0v) is 17.5. The van der Waals surface area contributed by atoms with Crippen molar-refractivity contribution in [3.8, 4) is 22.3 Å². The molecule has 30 heavy (non-hydrogen) atoms. The van der Waals surface area contributed by atoms with Gasteiger partial charge in [-0.05, 0) is 39.9 Å². The number of fused-ring (bicyclic) bond motifs is 4. The van der Waals surface area contributed by atoms with Crippen molar-refractivity contribution >= 4 is 42.3 Å². The second-order valence-corrected chi connectivity index (χ2v) is 8.83. The smallest absolute Gasteiger partial charge is 0.0434 e. The lowest BCUT2D eigenvalue weighted by molar-refractivity contribution is 1.53.